The van der Waals surface area contributed by atoms with E-state index in [9.17, 15) is 4.79 Å². The lowest BCUT2D eigenvalue weighted by Gasteiger charge is -2.04. The predicted molar refractivity (Wildman–Crippen MR) is 68.4 cm³/mol. The number of nitrogens with zero attached hydrogens (tertiary/aromatic N) is 2. The molecule has 0 bridgehead atoms. The molecule has 0 saturated heterocycles. The van der Waals surface area contributed by atoms with Crippen molar-refractivity contribution in [2.24, 2.45) is 0 Å². The minimum absolute atomic E-state index is 0.168. The number of aldehydes is 1. The summed E-state index contributed by atoms with van der Waals surface area (Å²) in [4.78, 5) is 10.2. The van der Waals surface area contributed by atoms with Crippen molar-refractivity contribution in [2.75, 3.05) is 12.9 Å². The lowest BCUT2D eigenvalue weighted by atomic mass is 10.3. The molecule has 0 amide bonds. The Balaban J connectivity index is 1.90. The molecule has 0 aliphatic carbocycles. The predicted octanol–water partition coefficient (Wildman–Crippen LogP) is 1.95. The van der Waals surface area contributed by atoms with Gasteiger partial charge in [0.25, 0.3) is 11.1 Å². The van der Waals surface area contributed by atoms with Gasteiger partial charge in [0.15, 0.2) is 6.61 Å². The van der Waals surface area contributed by atoms with Gasteiger partial charge in [-0.15, -0.1) is 10.2 Å². The number of aromatic nitrogens is 2. The summed E-state index contributed by atoms with van der Waals surface area (Å²) in [6.45, 7) is 0.168. The monoisotopic (exact) mass is 280 g/mol. The van der Waals surface area contributed by atoms with E-state index in [4.69, 9.17) is 13.9 Å². The van der Waals surface area contributed by atoms with E-state index in [-0.39, 0.29) is 6.61 Å². The molecule has 0 atom stereocenters. The molecule has 2 aromatic rings. The summed E-state index contributed by atoms with van der Waals surface area (Å²) in [5.74, 6) is 2.01. The molecule has 0 fully saturated rings. The van der Waals surface area contributed by atoms with Crippen molar-refractivity contribution in [3.63, 3.8) is 0 Å². The fourth-order valence-corrected chi connectivity index (χ4v) is 1.76. The first-order chi connectivity index (χ1) is 9.31. The minimum atomic E-state index is 0.168. The third-order valence-corrected chi connectivity index (χ3v) is 2.84. The van der Waals surface area contributed by atoms with Gasteiger partial charge in [-0.3, -0.25) is 0 Å². The topological polar surface area (TPSA) is 74.5 Å². The van der Waals surface area contributed by atoms with Gasteiger partial charge >= 0.3 is 0 Å². The Morgan fingerprint density at radius 2 is 2.21 bits per heavy atom. The molecular formula is C12H12N2O4S. The van der Waals surface area contributed by atoms with Crippen LogP contribution in [0.2, 0.25) is 0 Å². The van der Waals surface area contributed by atoms with Crippen LogP contribution in [0.1, 0.15) is 5.89 Å². The van der Waals surface area contributed by atoms with Crippen LogP contribution in [0.15, 0.2) is 33.9 Å². The van der Waals surface area contributed by atoms with Crippen molar-refractivity contribution in [3.05, 3.63) is 30.2 Å². The number of rotatable bonds is 7. The molecule has 6 nitrogen and oxygen atoms in total. The van der Waals surface area contributed by atoms with Crippen LogP contribution in [0.5, 0.6) is 11.5 Å². The summed E-state index contributed by atoms with van der Waals surface area (Å²) in [6, 6.07) is 7.22. The summed E-state index contributed by atoms with van der Waals surface area (Å²) < 4.78 is 15.9. The molecule has 1 heterocycles. The van der Waals surface area contributed by atoms with Gasteiger partial charge in [-0.05, 0) is 12.1 Å². The second-order valence-corrected chi connectivity index (χ2v) is 4.38. The Labute approximate surface area is 114 Å². The van der Waals surface area contributed by atoms with Gasteiger partial charge < -0.3 is 18.7 Å². The van der Waals surface area contributed by atoms with Gasteiger partial charge in [0, 0.05) is 6.07 Å². The summed E-state index contributed by atoms with van der Waals surface area (Å²) in [5, 5.41) is 7.96. The van der Waals surface area contributed by atoms with Gasteiger partial charge in [-0.25, -0.2) is 0 Å². The molecule has 0 radical (unpaired) electrons. The number of hydrogen-bond donors (Lipinski definition) is 0. The third kappa shape index (κ3) is 3.99. The lowest BCUT2D eigenvalue weighted by molar-refractivity contribution is -0.105. The molecule has 1 aromatic carbocycles. The summed E-state index contributed by atoms with van der Waals surface area (Å²) in [5.41, 5.74) is 0. The molecule has 0 unspecified atom stereocenters. The summed E-state index contributed by atoms with van der Waals surface area (Å²) in [7, 11) is 1.59. The smallest absolute Gasteiger partial charge is 0.277 e. The first-order valence-electron chi connectivity index (χ1n) is 5.47. The maximum Gasteiger partial charge on any atom is 0.277 e. The average molecular weight is 280 g/mol. The summed E-state index contributed by atoms with van der Waals surface area (Å²) >= 11 is 1.19. The number of carbonyl (C=O) groups excluding carboxylic acids is 1. The molecule has 100 valence electrons. The van der Waals surface area contributed by atoms with Crippen molar-refractivity contribution in [1.29, 1.82) is 0 Å². The molecule has 0 aliphatic heterocycles. The van der Waals surface area contributed by atoms with Crippen LogP contribution >= 0.6 is 11.8 Å². The van der Waals surface area contributed by atoms with E-state index in [0.717, 1.165) is 6.29 Å². The van der Waals surface area contributed by atoms with Crippen molar-refractivity contribution < 1.29 is 18.7 Å². The maximum absolute atomic E-state index is 10.2. The van der Waals surface area contributed by atoms with Crippen LogP contribution in [0.25, 0.3) is 0 Å². The maximum atomic E-state index is 10.2. The molecule has 1 aromatic heterocycles. The molecule has 0 N–H and O–H groups in total. The highest BCUT2D eigenvalue weighted by Gasteiger charge is 2.07. The van der Waals surface area contributed by atoms with E-state index in [1.165, 1.54) is 11.8 Å². The van der Waals surface area contributed by atoms with Crippen LogP contribution in [0.4, 0.5) is 0 Å². The highest BCUT2D eigenvalue weighted by molar-refractivity contribution is 7.99. The SMILES string of the molecule is COc1cccc(OCc2nnc(SCC=O)o2)c1. The zero-order valence-corrected chi connectivity index (χ0v) is 11.1. The standard InChI is InChI=1S/C12H12N2O4S/c1-16-9-3-2-4-10(7-9)17-8-11-13-14-12(18-11)19-6-5-15/h2-5,7H,6,8H2,1H3. The normalized spacial score (nSPS) is 10.2. The Morgan fingerprint density at radius 3 is 3.00 bits per heavy atom. The third-order valence-electron chi connectivity index (χ3n) is 2.13. The molecule has 2 rings (SSSR count). The first kappa shape index (κ1) is 13.4. The highest BCUT2D eigenvalue weighted by Crippen LogP contribution is 2.20. The van der Waals surface area contributed by atoms with Crippen LogP contribution < -0.4 is 9.47 Å². The Bertz CT molecular complexity index is 544. The molecule has 19 heavy (non-hydrogen) atoms. The van der Waals surface area contributed by atoms with Gasteiger partial charge in [-0.1, -0.05) is 17.8 Å². The Hall–Kier alpha value is -2.02. The zero-order chi connectivity index (χ0) is 13.5. The van der Waals surface area contributed by atoms with Gasteiger partial charge in [0.1, 0.15) is 17.8 Å². The van der Waals surface area contributed by atoms with E-state index in [2.05, 4.69) is 10.2 Å². The van der Waals surface area contributed by atoms with Crippen molar-refractivity contribution in [3.8, 4) is 11.5 Å². The molecular weight excluding hydrogens is 268 g/mol. The first-order valence-corrected chi connectivity index (χ1v) is 6.46. The number of ether oxygens (including phenoxy) is 2. The van der Waals surface area contributed by atoms with Crippen LogP contribution in [-0.4, -0.2) is 29.3 Å². The zero-order valence-electron chi connectivity index (χ0n) is 10.2. The largest absolute Gasteiger partial charge is 0.497 e. The highest BCUT2D eigenvalue weighted by atomic mass is 32.2. The fourth-order valence-electron chi connectivity index (χ4n) is 1.30. The Morgan fingerprint density at radius 1 is 1.37 bits per heavy atom. The van der Waals surface area contributed by atoms with Crippen molar-refractivity contribution >= 4 is 18.0 Å². The quantitative estimate of drug-likeness (QED) is 0.566. The number of methoxy groups -OCH3 is 1. The van der Waals surface area contributed by atoms with E-state index in [1.807, 2.05) is 12.1 Å². The lowest BCUT2D eigenvalue weighted by Crippen LogP contribution is -1.96. The van der Waals surface area contributed by atoms with E-state index in [1.54, 1.807) is 19.2 Å². The Kier molecular flexibility index (Phi) is 4.79. The van der Waals surface area contributed by atoms with Gasteiger partial charge in [-0.2, -0.15) is 0 Å². The number of carbonyl (C=O) groups is 1. The molecule has 0 spiro atoms. The number of benzene rings is 1. The number of hydrogen-bond acceptors (Lipinski definition) is 7. The van der Waals surface area contributed by atoms with Crippen molar-refractivity contribution in [2.45, 2.75) is 11.8 Å². The van der Waals surface area contributed by atoms with E-state index >= 15 is 0 Å². The van der Waals surface area contributed by atoms with Crippen molar-refractivity contribution in [1.82, 2.24) is 10.2 Å². The van der Waals surface area contributed by atoms with Gasteiger partial charge in [0.05, 0.1) is 12.9 Å². The van der Waals surface area contributed by atoms with E-state index in [0.29, 0.717) is 28.4 Å². The van der Waals surface area contributed by atoms with E-state index < -0.39 is 0 Å². The second kappa shape index (κ2) is 6.79. The number of thioether (sulfide) groups is 1. The molecule has 0 saturated carbocycles. The average Bonchev–Trinajstić information content (AvgIpc) is 2.91. The molecule has 7 heteroatoms. The van der Waals surface area contributed by atoms with Crippen LogP contribution in [0.3, 0.4) is 0 Å². The van der Waals surface area contributed by atoms with Gasteiger partial charge in [0.2, 0.25) is 0 Å². The molecule has 0 aliphatic rings. The minimum Gasteiger partial charge on any atom is -0.497 e. The second-order valence-electron chi connectivity index (χ2n) is 3.41. The van der Waals surface area contributed by atoms with Crippen LogP contribution in [-0.2, 0) is 11.4 Å². The fraction of sp³-hybridized carbons (Fsp3) is 0.250. The summed E-state index contributed by atoms with van der Waals surface area (Å²) in [6.07, 6.45) is 0.779. The van der Waals surface area contributed by atoms with Crippen LogP contribution in [0, 0.1) is 0 Å².